The van der Waals surface area contributed by atoms with Gasteiger partial charge in [0, 0.05) is 17.5 Å². The lowest BCUT2D eigenvalue weighted by molar-refractivity contribution is -0.131. The standard InChI is InChI=1S/C19H22N4O2/c1-19(2,3)16-13(20-11-21-16)10-15-18(25)22-14(17(24)23-15)9-12-7-5-4-6-8-12/h4-8,10-11,14H,9H2,1-3H3,(H,20,21)(H,22,25)(H,23,24). The molecule has 1 atom stereocenters. The molecule has 1 aliphatic heterocycles. The first kappa shape index (κ1) is 17.0. The third-order valence-electron chi connectivity index (χ3n) is 4.11. The lowest BCUT2D eigenvalue weighted by atomic mass is 9.90. The van der Waals surface area contributed by atoms with Crippen LogP contribution in [0.4, 0.5) is 0 Å². The summed E-state index contributed by atoms with van der Waals surface area (Å²) in [6.07, 6.45) is 3.66. The SMILES string of the molecule is CC(C)(C)c1[nH]cnc1C=C1NC(=O)C(Cc2ccccc2)NC1=O. The first-order valence-electron chi connectivity index (χ1n) is 8.26. The van der Waals surface area contributed by atoms with Gasteiger partial charge in [0.2, 0.25) is 5.91 Å². The highest BCUT2D eigenvalue weighted by Crippen LogP contribution is 2.24. The van der Waals surface area contributed by atoms with Gasteiger partial charge in [-0.3, -0.25) is 9.59 Å². The van der Waals surface area contributed by atoms with Crippen molar-refractivity contribution in [2.45, 2.75) is 38.6 Å². The molecule has 1 aliphatic rings. The molecule has 0 spiro atoms. The van der Waals surface area contributed by atoms with E-state index >= 15 is 0 Å². The van der Waals surface area contributed by atoms with Gasteiger partial charge in [0.25, 0.3) is 5.91 Å². The molecular weight excluding hydrogens is 316 g/mol. The minimum atomic E-state index is -0.576. The number of benzene rings is 1. The summed E-state index contributed by atoms with van der Waals surface area (Å²) in [4.78, 5) is 32.1. The molecule has 1 aromatic carbocycles. The van der Waals surface area contributed by atoms with Gasteiger partial charge in [-0.05, 0) is 11.6 Å². The van der Waals surface area contributed by atoms with Gasteiger partial charge in [0.15, 0.2) is 0 Å². The first-order valence-corrected chi connectivity index (χ1v) is 8.26. The van der Waals surface area contributed by atoms with Crippen molar-refractivity contribution in [1.29, 1.82) is 0 Å². The Kier molecular flexibility index (Phi) is 4.44. The van der Waals surface area contributed by atoms with Crippen LogP contribution in [0.5, 0.6) is 0 Å². The van der Waals surface area contributed by atoms with E-state index in [0.717, 1.165) is 11.3 Å². The number of carbonyl (C=O) groups excluding carboxylic acids is 2. The van der Waals surface area contributed by atoms with Crippen molar-refractivity contribution >= 4 is 17.9 Å². The fourth-order valence-corrected chi connectivity index (χ4v) is 2.83. The van der Waals surface area contributed by atoms with Crippen molar-refractivity contribution < 1.29 is 9.59 Å². The van der Waals surface area contributed by atoms with Crippen LogP contribution in [0.1, 0.15) is 37.7 Å². The van der Waals surface area contributed by atoms with Crippen molar-refractivity contribution in [2.24, 2.45) is 0 Å². The topological polar surface area (TPSA) is 86.9 Å². The normalized spacial score (nSPS) is 19.6. The van der Waals surface area contributed by atoms with Gasteiger partial charge in [0.05, 0.1) is 12.0 Å². The van der Waals surface area contributed by atoms with Gasteiger partial charge in [-0.2, -0.15) is 0 Å². The molecule has 6 heteroatoms. The van der Waals surface area contributed by atoms with Crippen LogP contribution in [-0.4, -0.2) is 27.8 Å². The van der Waals surface area contributed by atoms with Crippen molar-refractivity contribution in [2.75, 3.05) is 0 Å². The Morgan fingerprint density at radius 1 is 1.16 bits per heavy atom. The van der Waals surface area contributed by atoms with Gasteiger partial charge >= 0.3 is 0 Å². The lowest BCUT2D eigenvalue weighted by Crippen LogP contribution is -2.55. The zero-order valence-corrected chi connectivity index (χ0v) is 14.6. The molecule has 130 valence electrons. The summed E-state index contributed by atoms with van der Waals surface area (Å²) in [5.74, 6) is -0.522. The first-order chi connectivity index (χ1) is 11.8. The summed E-state index contributed by atoms with van der Waals surface area (Å²) >= 11 is 0. The third kappa shape index (κ3) is 3.79. The second-order valence-corrected chi connectivity index (χ2v) is 7.18. The van der Waals surface area contributed by atoms with Crippen molar-refractivity contribution in [1.82, 2.24) is 20.6 Å². The lowest BCUT2D eigenvalue weighted by Gasteiger charge is -2.25. The van der Waals surface area contributed by atoms with Crippen molar-refractivity contribution in [3.8, 4) is 0 Å². The molecule has 1 saturated heterocycles. The number of hydrogen-bond donors (Lipinski definition) is 3. The Bertz CT molecular complexity index is 815. The van der Waals surface area contributed by atoms with Gasteiger partial charge in [0.1, 0.15) is 11.7 Å². The number of nitrogens with one attached hydrogen (secondary N) is 3. The van der Waals surface area contributed by atoms with Crippen LogP contribution < -0.4 is 10.6 Å². The zero-order valence-electron chi connectivity index (χ0n) is 14.6. The Balaban J connectivity index is 1.78. The molecule has 0 saturated carbocycles. The predicted molar refractivity (Wildman–Crippen MR) is 95.5 cm³/mol. The molecule has 0 aliphatic carbocycles. The van der Waals surface area contributed by atoms with E-state index in [4.69, 9.17) is 0 Å². The fourth-order valence-electron chi connectivity index (χ4n) is 2.83. The Morgan fingerprint density at radius 2 is 1.88 bits per heavy atom. The second-order valence-electron chi connectivity index (χ2n) is 7.18. The third-order valence-corrected chi connectivity index (χ3v) is 4.11. The molecular formula is C19H22N4O2. The van der Waals surface area contributed by atoms with E-state index in [9.17, 15) is 9.59 Å². The highest BCUT2D eigenvalue weighted by molar-refractivity contribution is 6.07. The van der Waals surface area contributed by atoms with Gasteiger partial charge in [-0.25, -0.2) is 4.98 Å². The maximum Gasteiger partial charge on any atom is 0.268 e. The molecule has 2 aromatic rings. The Hall–Kier alpha value is -2.89. The minimum absolute atomic E-state index is 0.145. The van der Waals surface area contributed by atoms with Crippen LogP contribution in [0.15, 0.2) is 42.4 Å². The van der Waals surface area contributed by atoms with Crippen LogP contribution >= 0.6 is 0 Å². The molecule has 25 heavy (non-hydrogen) atoms. The van der Waals surface area contributed by atoms with Crippen LogP contribution in [0.2, 0.25) is 0 Å². The molecule has 3 rings (SSSR count). The number of piperazine rings is 1. The van der Waals surface area contributed by atoms with Crippen LogP contribution in [0.3, 0.4) is 0 Å². The summed E-state index contributed by atoms with van der Waals surface area (Å²) < 4.78 is 0. The van der Waals surface area contributed by atoms with E-state index < -0.39 is 6.04 Å². The molecule has 1 aromatic heterocycles. The van der Waals surface area contributed by atoms with E-state index in [0.29, 0.717) is 12.1 Å². The van der Waals surface area contributed by atoms with Gasteiger partial charge in [-0.15, -0.1) is 0 Å². The van der Waals surface area contributed by atoms with Crippen molar-refractivity contribution in [3.63, 3.8) is 0 Å². The number of aromatic amines is 1. The predicted octanol–water partition coefficient (Wildman–Crippen LogP) is 1.91. The zero-order chi connectivity index (χ0) is 18.0. The molecule has 2 heterocycles. The maximum atomic E-state index is 12.4. The van der Waals surface area contributed by atoms with Gasteiger partial charge in [-0.1, -0.05) is 51.1 Å². The van der Waals surface area contributed by atoms with Gasteiger partial charge < -0.3 is 15.6 Å². The van der Waals surface area contributed by atoms with Crippen LogP contribution in [0.25, 0.3) is 6.08 Å². The maximum absolute atomic E-state index is 12.4. The largest absolute Gasteiger partial charge is 0.348 e. The molecule has 0 bridgehead atoms. The Labute approximate surface area is 146 Å². The van der Waals surface area contributed by atoms with E-state index in [1.54, 1.807) is 12.4 Å². The summed E-state index contributed by atoms with van der Waals surface area (Å²) in [5.41, 5.74) is 2.63. The number of H-pyrrole nitrogens is 1. The summed E-state index contributed by atoms with van der Waals surface area (Å²) in [5, 5.41) is 5.49. The van der Waals surface area contributed by atoms with E-state index in [1.807, 2.05) is 30.3 Å². The quantitative estimate of drug-likeness (QED) is 0.747. The van der Waals surface area contributed by atoms with E-state index in [1.165, 1.54) is 0 Å². The minimum Gasteiger partial charge on any atom is -0.348 e. The highest BCUT2D eigenvalue weighted by atomic mass is 16.2. The highest BCUT2D eigenvalue weighted by Gasteiger charge is 2.30. The molecule has 3 N–H and O–H groups in total. The molecule has 1 fully saturated rings. The van der Waals surface area contributed by atoms with Crippen LogP contribution in [0, 0.1) is 0 Å². The summed E-state index contributed by atoms with van der Waals surface area (Å²) in [7, 11) is 0. The number of carbonyl (C=O) groups is 2. The summed E-state index contributed by atoms with van der Waals surface area (Å²) in [6, 6.07) is 9.03. The molecule has 1 unspecified atom stereocenters. The number of rotatable bonds is 3. The summed E-state index contributed by atoms with van der Waals surface area (Å²) in [6.45, 7) is 6.16. The second kappa shape index (κ2) is 6.55. The smallest absolute Gasteiger partial charge is 0.268 e. The number of hydrogen-bond acceptors (Lipinski definition) is 3. The number of imidazole rings is 1. The van der Waals surface area contributed by atoms with Crippen LogP contribution in [-0.2, 0) is 21.4 Å². The number of amides is 2. The van der Waals surface area contributed by atoms with E-state index in [2.05, 4.69) is 41.4 Å². The average molecular weight is 338 g/mol. The van der Waals surface area contributed by atoms with E-state index in [-0.39, 0.29) is 22.9 Å². The number of nitrogens with zero attached hydrogens (tertiary/aromatic N) is 1. The van der Waals surface area contributed by atoms with Crippen molar-refractivity contribution in [3.05, 3.63) is 59.3 Å². The monoisotopic (exact) mass is 338 g/mol. The average Bonchev–Trinajstić information content (AvgIpc) is 3.02. The molecule has 6 nitrogen and oxygen atoms in total. The molecule has 2 amide bonds. The fraction of sp³-hybridized carbons (Fsp3) is 0.316. The number of aromatic nitrogens is 2. The molecule has 0 radical (unpaired) electrons. The Morgan fingerprint density at radius 3 is 2.56 bits per heavy atom.